The van der Waals surface area contributed by atoms with Crippen LogP contribution in [0.4, 0.5) is 0 Å². The largest absolute Gasteiger partial charge is 2.00 e. The number of pyridine rings is 1. The minimum atomic E-state index is 0. The average molecular weight is 826 g/mol. The van der Waals surface area contributed by atoms with Gasteiger partial charge in [0.2, 0.25) is 0 Å². The first-order valence-electron chi connectivity index (χ1n) is 16.7. The summed E-state index contributed by atoms with van der Waals surface area (Å²) in [6.45, 7) is 17.5. The Bertz CT molecular complexity index is 2290. The Balaban J connectivity index is 0.00000417. The summed E-state index contributed by atoms with van der Waals surface area (Å²) in [6.07, 6.45) is 2.74. The summed E-state index contributed by atoms with van der Waals surface area (Å²) in [7, 11) is 0. The van der Waals surface area contributed by atoms with Gasteiger partial charge in [0.25, 0.3) is 0 Å². The monoisotopic (exact) mass is 825 g/mol. The smallest absolute Gasteiger partial charge is 0.509 e. The summed E-state index contributed by atoms with van der Waals surface area (Å²) in [5, 5.41) is 7.29. The number of hydrogen-bond donors (Lipinski definition) is 0. The molecular formula is C43H42N4OPt. The minimum absolute atomic E-state index is 0. The van der Waals surface area contributed by atoms with Gasteiger partial charge >= 0.3 is 21.1 Å². The van der Waals surface area contributed by atoms with Gasteiger partial charge in [-0.05, 0) is 84.5 Å². The van der Waals surface area contributed by atoms with Gasteiger partial charge in [-0.15, -0.1) is 35.7 Å². The molecule has 0 unspecified atom stereocenters. The van der Waals surface area contributed by atoms with Crippen molar-refractivity contribution in [1.29, 1.82) is 0 Å². The molecule has 3 aromatic heterocycles. The predicted octanol–water partition coefficient (Wildman–Crippen LogP) is 11.1. The normalized spacial score (nSPS) is 11.8. The summed E-state index contributed by atoms with van der Waals surface area (Å²) in [5.74, 6) is 2.54. The number of aryl methyl sites for hydroxylation is 2. The van der Waals surface area contributed by atoms with Crippen LogP contribution >= 0.6 is 0 Å². The van der Waals surface area contributed by atoms with Crippen LogP contribution in [0.1, 0.15) is 68.6 Å². The topological polar surface area (TPSA) is 44.9 Å². The number of rotatable bonds is 7. The van der Waals surface area contributed by atoms with E-state index in [0.29, 0.717) is 17.4 Å². The Labute approximate surface area is 304 Å². The van der Waals surface area contributed by atoms with Gasteiger partial charge in [0, 0.05) is 34.5 Å². The summed E-state index contributed by atoms with van der Waals surface area (Å²) in [5.41, 5.74) is 10.9. The molecule has 250 valence electrons. The van der Waals surface area contributed by atoms with E-state index in [2.05, 4.69) is 139 Å². The molecule has 0 bridgehead atoms. The summed E-state index contributed by atoms with van der Waals surface area (Å²) in [6, 6.07) is 36.9. The maximum absolute atomic E-state index is 6.65. The van der Waals surface area contributed by atoms with Gasteiger partial charge in [-0.1, -0.05) is 82.6 Å². The fourth-order valence-corrected chi connectivity index (χ4v) is 6.73. The second-order valence-electron chi connectivity index (χ2n) is 14.4. The van der Waals surface area contributed by atoms with Crippen LogP contribution in [0.2, 0.25) is 0 Å². The van der Waals surface area contributed by atoms with Crippen molar-refractivity contribution in [1.82, 2.24) is 19.3 Å². The van der Waals surface area contributed by atoms with Crippen LogP contribution in [0.15, 0.2) is 91.1 Å². The van der Waals surface area contributed by atoms with Gasteiger partial charge in [-0.3, -0.25) is 4.68 Å². The average Bonchev–Trinajstić information content (AvgIpc) is 3.52. The second kappa shape index (κ2) is 13.4. The zero-order valence-electron chi connectivity index (χ0n) is 29.5. The molecule has 0 amide bonds. The summed E-state index contributed by atoms with van der Waals surface area (Å²) < 4.78 is 10.8. The molecule has 7 aromatic rings. The van der Waals surface area contributed by atoms with Gasteiger partial charge in [0.05, 0.1) is 5.69 Å². The number of nitrogens with zero attached hydrogens (tertiary/aromatic N) is 4. The Morgan fingerprint density at radius 2 is 1.59 bits per heavy atom. The molecule has 0 aliphatic carbocycles. The predicted molar refractivity (Wildman–Crippen MR) is 197 cm³/mol. The molecule has 0 saturated carbocycles. The summed E-state index contributed by atoms with van der Waals surface area (Å²) in [4.78, 5) is 4.77. The number of benzene rings is 4. The molecule has 0 radical (unpaired) electrons. The molecule has 0 spiro atoms. The van der Waals surface area contributed by atoms with Gasteiger partial charge in [0.15, 0.2) is 0 Å². The maximum atomic E-state index is 6.65. The van der Waals surface area contributed by atoms with E-state index in [1.165, 1.54) is 16.5 Å². The van der Waals surface area contributed by atoms with Crippen LogP contribution in [-0.2, 0) is 27.5 Å². The molecule has 0 saturated heterocycles. The third-order valence-corrected chi connectivity index (χ3v) is 8.90. The molecule has 0 aliphatic heterocycles. The van der Waals surface area contributed by atoms with E-state index in [4.69, 9.17) is 14.8 Å². The molecule has 0 atom stereocenters. The standard InChI is InChI=1S/C43H42N4O.Pt/c1-27(2)33-14-17-39-38(23-33)37-16-15-35(25-40(37)46(39)41-20-28(3)18-19-44-41)48-36-22-31(26-43(6,7)8)21-34(24-36)47-30(5)42(29(4)45-47)32-12-10-9-11-13-32;/h9-23,27H,26H2,1-8H3;/q-2;+2. The van der Waals surface area contributed by atoms with Crippen molar-refractivity contribution in [2.75, 3.05) is 0 Å². The number of hydrogen-bond acceptors (Lipinski definition) is 3. The zero-order valence-corrected chi connectivity index (χ0v) is 31.7. The third kappa shape index (κ3) is 6.87. The van der Waals surface area contributed by atoms with Gasteiger partial charge in [-0.2, -0.15) is 16.7 Å². The van der Waals surface area contributed by atoms with Crippen LogP contribution in [-0.4, -0.2) is 19.3 Å². The van der Waals surface area contributed by atoms with Crippen molar-refractivity contribution in [3.05, 3.63) is 131 Å². The molecule has 3 heterocycles. The Morgan fingerprint density at radius 3 is 2.31 bits per heavy atom. The van der Waals surface area contributed by atoms with E-state index >= 15 is 0 Å². The molecule has 4 aromatic carbocycles. The van der Waals surface area contributed by atoms with Gasteiger partial charge < -0.3 is 9.30 Å². The molecule has 5 nitrogen and oxygen atoms in total. The first-order chi connectivity index (χ1) is 22.9. The first-order valence-corrected chi connectivity index (χ1v) is 16.7. The molecular weight excluding hydrogens is 784 g/mol. The van der Waals surface area contributed by atoms with Crippen molar-refractivity contribution < 1.29 is 25.8 Å². The first kappa shape index (κ1) is 34.4. The summed E-state index contributed by atoms with van der Waals surface area (Å²) >= 11 is 0. The van der Waals surface area contributed by atoms with E-state index in [-0.39, 0.29) is 26.5 Å². The molecule has 0 N–H and O–H groups in total. The van der Waals surface area contributed by atoms with Crippen molar-refractivity contribution in [2.24, 2.45) is 5.41 Å². The molecule has 49 heavy (non-hydrogen) atoms. The number of aromatic nitrogens is 4. The molecule has 0 fully saturated rings. The van der Waals surface area contributed by atoms with E-state index in [9.17, 15) is 0 Å². The fraction of sp³-hybridized carbons (Fsp3) is 0.256. The van der Waals surface area contributed by atoms with Crippen LogP contribution in [0.25, 0.3) is 44.4 Å². The van der Waals surface area contributed by atoms with Gasteiger partial charge in [-0.25, -0.2) is 4.98 Å². The Hall–Kier alpha value is -4.47. The number of fused-ring (bicyclic) bond motifs is 3. The Kier molecular flexibility index (Phi) is 9.44. The second-order valence-corrected chi connectivity index (χ2v) is 14.4. The number of ether oxygens (including phenoxy) is 1. The molecule has 7 rings (SSSR count). The van der Waals surface area contributed by atoms with Crippen LogP contribution in [0.3, 0.4) is 0 Å². The van der Waals surface area contributed by atoms with Gasteiger partial charge in [0.1, 0.15) is 5.82 Å². The van der Waals surface area contributed by atoms with E-state index in [0.717, 1.165) is 62.4 Å². The van der Waals surface area contributed by atoms with Crippen LogP contribution in [0, 0.1) is 38.3 Å². The van der Waals surface area contributed by atoms with Crippen molar-refractivity contribution in [3.8, 4) is 34.1 Å². The zero-order chi connectivity index (χ0) is 33.7. The van der Waals surface area contributed by atoms with Crippen molar-refractivity contribution >= 4 is 21.8 Å². The SMILES string of the molecule is Cc1ccnc(-n2c3[c-]c(Oc4[c-]c(-n5nc(C)c(-c6ccccc6)c5C)cc(CC(C)(C)C)c4)ccc3c3cc(C(C)C)ccc32)c1.[Pt+2]. The minimum Gasteiger partial charge on any atom is -0.509 e. The molecule has 0 aliphatic rings. The van der Waals surface area contributed by atoms with Crippen LogP contribution < -0.4 is 4.74 Å². The van der Waals surface area contributed by atoms with Crippen LogP contribution in [0.5, 0.6) is 11.5 Å². The van der Waals surface area contributed by atoms with E-state index in [1.54, 1.807) is 0 Å². The van der Waals surface area contributed by atoms with E-state index < -0.39 is 0 Å². The fourth-order valence-electron chi connectivity index (χ4n) is 6.73. The maximum Gasteiger partial charge on any atom is 2.00 e. The van der Waals surface area contributed by atoms with Crippen molar-refractivity contribution in [2.45, 2.75) is 67.7 Å². The molecule has 6 heteroatoms. The Morgan fingerprint density at radius 1 is 0.816 bits per heavy atom. The quantitative estimate of drug-likeness (QED) is 0.150. The van der Waals surface area contributed by atoms with Crippen molar-refractivity contribution in [3.63, 3.8) is 0 Å². The third-order valence-electron chi connectivity index (χ3n) is 8.90. The van der Waals surface area contributed by atoms with E-state index in [1.807, 2.05) is 29.1 Å².